The summed E-state index contributed by atoms with van der Waals surface area (Å²) in [5.41, 5.74) is 4.82. The van der Waals surface area contributed by atoms with Crippen LogP contribution in [0.5, 0.6) is 0 Å². The molecule has 0 saturated carbocycles. The van der Waals surface area contributed by atoms with Gasteiger partial charge in [-0.15, -0.1) is 0 Å². The number of hydrogen-bond acceptors (Lipinski definition) is 4. The molecule has 0 atom stereocenters. The Balaban J connectivity index is 1.46. The highest BCUT2D eigenvalue weighted by molar-refractivity contribution is 6.29. The summed E-state index contributed by atoms with van der Waals surface area (Å²) in [5.74, 6) is 0. The first kappa shape index (κ1) is 35.0. The Labute approximate surface area is 342 Å². The molecule has 11 aromatic rings. The molecule has 0 spiro atoms. The third-order valence-corrected chi connectivity index (χ3v) is 11.7. The van der Waals surface area contributed by atoms with Crippen molar-refractivity contribution in [2.24, 2.45) is 0 Å². The minimum Gasteiger partial charge on any atom is -0.268 e. The van der Waals surface area contributed by atoms with Crippen LogP contribution in [0.25, 0.3) is 99.0 Å². The van der Waals surface area contributed by atoms with Crippen LogP contribution in [0.1, 0.15) is 0 Å². The van der Waals surface area contributed by atoms with E-state index in [0.717, 1.165) is 43.8 Å². The van der Waals surface area contributed by atoms with Crippen molar-refractivity contribution in [3.05, 3.63) is 236 Å². The second-order valence-corrected chi connectivity index (χ2v) is 15.0. The number of para-hydroxylation sites is 2. The van der Waals surface area contributed by atoms with E-state index in [9.17, 15) is 0 Å². The fourth-order valence-corrected chi connectivity index (χ4v) is 9.19. The quantitative estimate of drug-likeness (QED) is 0.158. The lowest BCUT2D eigenvalue weighted by Gasteiger charge is -2.19. The predicted molar refractivity (Wildman–Crippen MR) is 244 cm³/mol. The first-order valence-corrected chi connectivity index (χ1v) is 19.8. The Hall–Kier alpha value is -8.22. The Kier molecular flexibility index (Phi) is 8.00. The fourth-order valence-electron chi connectivity index (χ4n) is 9.19. The summed E-state index contributed by atoms with van der Waals surface area (Å²) < 4.78 is 2.55. The van der Waals surface area contributed by atoms with Gasteiger partial charge in [0, 0.05) is 22.3 Å². The van der Waals surface area contributed by atoms with Gasteiger partial charge in [0.25, 0.3) is 22.2 Å². The molecule has 11 rings (SSSR count). The monoisotopic (exact) mass is 772 g/mol. The molecule has 2 heterocycles. The van der Waals surface area contributed by atoms with Crippen molar-refractivity contribution in [2.45, 2.75) is 0 Å². The van der Waals surface area contributed by atoms with Gasteiger partial charge in [-0.2, -0.15) is 0 Å². The van der Waals surface area contributed by atoms with Gasteiger partial charge in [0.05, 0.1) is 32.9 Å². The second kappa shape index (κ2) is 13.7. The third-order valence-electron chi connectivity index (χ3n) is 11.7. The lowest BCUT2D eigenvalue weighted by atomic mass is 9.82. The standard InChI is InChI=1S/C54H32N2O4/c57-51-47-43(33-19-7-1-8-20-33)39-31-41-42(32-40(39)44(34-21-9-2-10-22-34)48(47)52(58)55(51)37-27-15-5-16-28-37)46(36-25-13-4-14-26-36)50-49(45(41)35-23-11-3-12-24-35)53(59)56(54(50)60)38-29-17-6-18-30-38/h1-32H. The first-order valence-electron chi connectivity index (χ1n) is 19.8. The van der Waals surface area contributed by atoms with E-state index in [2.05, 4.69) is 12.1 Å². The maximum Gasteiger partial charge on any atom is 0.266 e. The van der Waals surface area contributed by atoms with Crippen LogP contribution in [0.15, 0.2) is 213 Å². The van der Waals surface area contributed by atoms with Crippen molar-refractivity contribution in [2.75, 3.05) is 0 Å². The molecule has 6 nitrogen and oxygen atoms in total. The summed E-state index contributed by atoms with van der Waals surface area (Å²) in [6, 6.07) is 61.0. The largest absolute Gasteiger partial charge is 0.268 e. The van der Waals surface area contributed by atoms with Gasteiger partial charge >= 0.3 is 0 Å². The molecule has 0 aliphatic carbocycles. The highest BCUT2D eigenvalue weighted by Gasteiger charge is 2.30. The zero-order valence-electron chi connectivity index (χ0n) is 32.0. The number of nitrogens with zero attached hydrogens (tertiary/aromatic N) is 2. The molecule has 6 heteroatoms. The molecule has 0 N–H and O–H groups in total. The maximum absolute atomic E-state index is 15.0. The molecule has 0 saturated heterocycles. The van der Waals surface area contributed by atoms with Gasteiger partial charge < -0.3 is 0 Å². The average molecular weight is 773 g/mol. The van der Waals surface area contributed by atoms with Crippen molar-refractivity contribution >= 4 is 43.1 Å². The maximum atomic E-state index is 15.0. The van der Waals surface area contributed by atoms with Gasteiger partial charge in [0.2, 0.25) is 0 Å². The van der Waals surface area contributed by atoms with E-state index in [1.165, 1.54) is 9.13 Å². The summed E-state index contributed by atoms with van der Waals surface area (Å²) in [5, 5.41) is 4.18. The van der Waals surface area contributed by atoms with E-state index in [1.54, 1.807) is 24.3 Å². The molecule has 2 aromatic heterocycles. The first-order chi connectivity index (χ1) is 29.5. The lowest BCUT2D eigenvalue weighted by molar-refractivity contribution is 0.991. The Bertz CT molecular complexity index is 3240. The zero-order chi connectivity index (χ0) is 40.5. The molecule has 60 heavy (non-hydrogen) atoms. The van der Waals surface area contributed by atoms with Crippen molar-refractivity contribution < 1.29 is 0 Å². The highest BCUT2D eigenvalue weighted by Crippen LogP contribution is 2.48. The lowest BCUT2D eigenvalue weighted by Crippen LogP contribution is -2.23. The van der Waals surface area contributed by atoms with E-state index >= 15 is 19.2 Å². The number of rotatable bonds is 6. The van der Waals surface area contributed by atoms with Crippen LogP contribution >= 0.6 is 0 Å². The Morgan fingerprint density at radius 1 is 0.250 bits per heavy atom. The van der Waals surface area contributed by atoms with E-state index in [1.807, 2.05) is 158 Å². The summed E-state index contributed by atoms with van der Waals surface area (Å²) in [7, 11) is 0. The minimum absolute atomic E-state index is 0.313. The molecule has 0 fully saturated rings. The Morgan fingerprint density at radius 2 is 0.450 bits per heavy atom. The Morgan fingerprint density at radius 3 is 0.667 bits per heavy atom. The van der Waals surface area contributed by atoms with E-state index in [4.69, 9.17) is 0 Å². The number of aromatic nitrogens is 2. The topological polar surface area (TPSA) is 78.1 Å². The van der Waals surface area contributed by atoms with Crippen molar-refractivity contribution in [1.82, 2.24) is 9.13 Å². The summed E-state index contributed by atoms with van der Waals surface area (Å²) in [6.07, 6.45) is 0. The third kappa shape index (κ3) is 5.14. The van der Waals surface area contributed by atoms with Gasteiger partial charge in [-0.05, 0) is 80.2 Å². The molecule has 282 valence electrons. The van der Waals surface area contributed by atoms with Crippen LogP contribution < -0.4 is 22.2 Å². The smallest absolute Gasteiger partial charge is 0.266 e. The van der Waals surface area contributed by atoms with E-state index in [0.29, 0.717) is 55.2 Å². The normalized spacial score (nSPS) is 11.6. The molecule has 0 aliphatic heterocycles. The fraction of sp³-hybridized carbons (Fsp3) is 0. The van der Waals surface area contributed by atoms with E-state index < -0.39 is 22.2 Å². The highest BCUT2D eigenvalue weighted by atomic mass is 16.2. The van der Waals surface area contributed by atoms with Gasteiger partial charge in [-0.1, -0.05) is 158 Å². The molecule has 0 unspecified atom stereocenters. The zero-order valence-corrected chi connectivity index (χ0v) is 32.0. The molecule has 0 amide bonds. The van der Waals surface area contributed by atoms with Crippen LogP contribution in [-0.4, -0.2) is 9.13 Å². The van der Waals surface area contributed by atoms with Gasteiger partial charge in [0.15, 0.2) is 0 Å². The summed E-state index contributed by atoms with van der Waals surface area (Å²) >= 11 is 0. The van der Waals surface area contributed by atoms with Gasteiger partial charge in [-0.25, -0.2) is 9.13 Å². The van der Waals surface area contributed by atoms with Crippen LogP contribution in [-0.2, 0) is 0 Å². The number of fused-ring (bicyclic) bond motifs is 4. The van der Waals surface area contributed by atoms with Crippen LogP contribution in [0, 0.1) is 0 Å². The van der Waals surface area contributed by atoms with Gasteiger partial charge in [-0.3, -0.25) is 19.2 Å². The molecule has 0 bridgehead atoms. The molecular weight excluding hydrogens is 741 g/mol. The van der Waals surface area contributed by atoms with Crippen LogP contribution in [0.3, 0.4) is 0 Å². The van der Waals surface area contributed by atoms with Crippen molar-refractivity contribution in [3.63, 3.8) is 0 Å². The second-order valence-electron chi connectivity index (χ2n) is 15.0. The summed E-state index contributed by atoms with van der Waals surface area (Å²) in [6.45, 7) is 0. The van der Waals surface area contributed by atoms with Crippen LogP contribution in [0.4, 0.5) is 0 Å². The van der Waals surface area contributed by atoms with Crippen LogP contribution in [0.2, 0.25) is 0 Å². The predicted octanol–water partition coefficient (Wildman–Crippen LogP) is 10.9. The van der Waals surface area contributed by atoms with Crippen molar-refractivity contribution in [1.29, 1.82) is 0 Å². The van der Waals surface area contributed by atoms with Gasteiger partial charge in [0.1, 0.15) is 0 Å². The van der Waals surface area contributed by atoms with Crippen molar-refractivity contribution in [3.8, 4) is 55.9 Å². The molecule has 9 aromatic carbocycles. The average Bonchev–Trinajstić information content (AvgIpc) is 3.71. The number of hydrogen-bond donors (Lipinski definition) is 0. The SMILES string of the molecule is O=c1c2c(-c3ccccc3)c3cc4c(-c5ccccc5)c5c(=O)n(-c6ccccc6)c(=O)c5c(-c5ccccc5)c4cc3c(-c3ccccc3)c2c(=O)n1-c1ccccc1. The minimum atomic E-state index is -0.416. The molecule has 0 radical (unpaired) electrons. The summed E-state index contributed by atoms with van der Waals surface area (Å²) in [4.78, 5) is 60.2. The van der Waals surface area contributed by atoms with E-state index in [-0.39, 0.29) is 0 Å². The molecular formula is C54H32N2O4. The number of benzene rings is 9. The molecule has 0 aliphatic rings.